The molecule has 0 atom stereocenters. The van der Waals surface area contributed by atoms with Crippen LogP contribution in [0.5, 0.6) is 17.4 Å². The summed E-state index contributed by atoms with van der Waals surface area (Å²) < 4.78 is 41.2. The van der Waals surface area contributed by atoms with E-state index in [2.05, 4.69) is 35.9 Å². The van der Waals surface area contributed by atoms with Gasteiger partial charge in [-0.15, -0.1) is 17.0 Å². The summed E-state index contributed by atoms with van der Waals surface area (Å²) in [6.45, 7) is 10.8. The number of rotatable bonds is 12. The molecular formula is C39H46BrN5O5S. The standard InChI is InChI=1S/C39H45N5O5S.BrH/c1-28(2)18-23-48-33-12-8-30(9-13-33)27-43-19-21-44(22-20-43)39(45)37-24-31-10-14-34(25-36(31)41(37)4)49-38-17-11-32(26-40-38)42(5)50(46,47)35-15-6-29(3)7-16-35;/h6-17,24-26,28H,18-23,27H2,1-5H3;1H. The van der Waals surface area contributed by atoms with Crippen LogP contribution in [0.4, 0.5) is 5.69 Å². The zero-order valence-corrected chi connectivity index (χ0v) is 32.3. The quantitative estimate of drug-likeness (QED) is 0.130. The summed E-state index contributed by atoms with van der Waals surface area (Å²) in [5.74, 6) is 2.42. The van der Waals surface area contributed by atoms with Crippen molar-refractivity contribution < 1.29 is 22.7 Å². The number of anilines is 1. The summed E-state index contributed by atoms with van der Waals surface area (Å²) in [6, 6.07) is 25.9. The zero-order valence-electron chi connectivity index (χ0n) is 29.8. The third kappa shape index (κ3) is 8.92. The predicted molar refractivity (Wildman–Crippen MR) is 207 cm³/mol. The zero-order chi connectivity index (χ0) is 35.4. The molecule has 3 heterocycles. The average molecular weight is 777 g/mol. The van der Waals surface area contributed by atoms with Crippen molar-refractivity contribution >= 4 is 49.5 Å². The predicted octanol–water partition coefficient (Wildman–Crippen LogP) is 7.46. The molecule has 6 rings (SSSR count). The van der Waals surface area contributed by atoms with Crippen LogP contribution in [0.15, 0.2) is 96.0 Å². The molecule has 0 aliphatic carbocycles. The average Bonchev–Trinajstić information content (AvgIpc) is 3.44. The van der Waals surface area contributed by atoms with Crippen LogP contribution in [0.2, 0.25) is 0 Å². The Morgan fingerprint density at radius 3 is 2.24 bits per heavy atom. The fraction of sp³-hybridized carbons (Fsp3) is 0.333. The van der Waals surface area contributed by atoms with E-state index in [1.807, 2.05) is 59.8 Å². The third-order valence-corrected chi connectivity index (χ3v) is 11.0. The van der Waals surface area contributed by atoms with Crippen molar-refractivity contribution in [3.63, 3.8) is 0 Å². The lowest BCUT2D eigenvalue weighted by atomic mass is 10.1. The summed E-state index contributed by atoms with van der Waals surface area (Å²) >= 11 is 0. The molecule has 1 amide bonds. The monoisotopic (exact) mass is 775 g/mol. The van der Waals surface area contributed by atoms with Gasteiger partial charge in [0.1, 0.15) is 17.2 Å². The van der Waals surface area contributed by atoms with Crippen molar-refractivity contribution in [2.45, 2.75) is 38.6 Å². The fourth-order valence-corrected chi connectivity index (χ4v) is 7.14. The second-order valence-electron chi connectivity index (χ2n) is 13.3. The lowest BCUT2D eigenvalue weighted by Crippen LogP contribution is -2.48. The molecule has 10 nitrogen and oxygen atoms in total. The molecule has 3 aromatic carbocycles. The number of hydrogen-bond donors (Lipinski definition) is 0. The molecule has 1 saturated heterocycles. The second-order valence-corrected chi connectivity index (χ2v) is 15.3. The Morgan fingerprint density at radius 1 is 0.902 bits per heavy atom. The van der Waals surface area contributed by atoms with Crippen LogP contribution in [0.1, 0.15) is 41.9 Å². The number of benzene rings is 3. The molecule has 0 unspecified atom stereocenters. The van der Waals surface area contributed by atoms with E-state index in [9.17, 15) is 13.2 Å². The van der Waals surface area contributed by atoms with Crippen LogP contribution < -0.4 is 13.8 Å². The van der Waals surface area contributed by atoms with Crippen LogP contribution in [0, 0.1) is 12.8 Å². The highest BCUT2D eigenvalue weighted by molar-refractivity contribution is 8.93. The SMILES string of the molecule is Br.Cc1ccc(S(=O)(=O)N(C)c2ccc(Oc3ccc4cc(C(=O)N5CCN(Cc6ccc(OCCC(C)C)cc6)CC5)n(C)c4c3)nc2)cc1. The number of sulfonamides is 1. The number of aryl methyl sites for hydroxylation is 2. The minimum absolute atomic E-state index is 0. The van der Waals surface area contributed by atoms with Gasteiger partial charge in [-0.05, 0) is 73.4 Å². The number of carbonyl (C=O) groups excluding carboxylic acids is 1. The van der Waals surface area contributed by atoms with E-state index in [1.165, 1.54) is 23.1 Å². The number of ether oxygens (including phenoxy) is 2. The molecule has 1 aliphatic rings. The van der Waals surface area contributed by atoms with Gasteiger partial charge < -0.3 is 18.9 Å². The second kappa shape index (κ2) is 16.3. The molecule has 12 heteroatoms. The van der Waals surface area contributed by atoms with E-state index in [4.69, 9.17) is 9.47 Å². The molecule has 0 bridgehead atoms. The van der Waals surface area contributed by atoms with Gasteiger partial charge in [0.2, 0.25) is 5.88 Å². The summed E-state index contributed by atoms with van der Waals surface area (Å²) in [6.07, 6.45) is 2.51. The van der Waals surface area contributed by atoms with Gasteiger partial charge in [0.05, 0.1) is 28.9 Å². The first-order valence-corrected chi connectivity index (χ1v) is 18.4. The molecule has 0 saturated carbocycles. The molecule has 0 spiro atoms. The number of piperazine rings is 1. The molecule has 270 valence electrons. The van der Waals surface area contributed by atoms with Crippen molar-refractivity contribution in [3.8, 4) is 17.4 Å². The normalized spacial score (nSPS) is 13.6. The van der Waals surface area contributed by atoms with Gasteiger partial charge >= 0.3 is 0 Å². The minimum Gasteiger partial charge on any atom is -0.494 e. The van der Waals surface area contributed by atoms with Crippen LogP contribution in [-0.4, -0.2) is 73.5 Å². The molecule has 0 N–H and O–H groups in total. The highest BCUT2D eigenvalue weighted by Crippen LogP contribution is 2.29. The largest absolute Gasteiger partial charge is 0.494 e. The number of fused-ring (bicyclic) bond motifs is 1. The maximum atomic E-state index is 13.6. The summed E-state index contributed by atoms with van der Waals surface area (Å²) in [5.41, 5.74) is 4.12. The summed E-state index contributed by atoms with van der Waals surface area (Å²) in [4.78, 5) is 22.5. The van der Waals surface area contributed by atoms with E-state index in [0.29, 0.717) is 42.0 Å². The Labute approximate surface area is 311 Å². The molecule has 5 aromatic rings. The van der Waals surface area contributed by atoms with Crippen molar-refractivity contribution in [2.24, 2.45) is 13.0 Å². The molecule has 2 aromatic heterocycles. The van der Waals surface area contributed by atoms with Crippen molar-refractivity contribution in [1.29, 1.82) is 0 Å². The highest BCUT2D eigenvalue weighted by atomic mass is 79.9. The highest BCUT2D eigenvalue weighted by Gasteiger charge is 2.25. The number of halogens is 1. The van der Waals surface area contributed by atoms with Crippen molar-refractivity contribution in [1.82, 2.24) is 19.4 Å². The van der Waals surface area contributed by atoms with Crippen LogP contribution >= 0.6 is 17.0 Å². The number of carbonyl (C=O) groups is 1. The van der Waals surface area contributed by atoms with Crippen molar-refractivity contribution in [3.05, 3.63) is 108 Å². The first-order chi connectivity index (χ1) is 24.0. The molecule has 1 fully saturated rings. The Morgan fingerprint density at radius 2 is 1.59 bits per heavy atom. The number of aromatic nitrogens is 2. The lowest BCUT2D eigenvalue weighted by Gasteiger charge is -2.34. The van der Waals surface area contributed by atoms with Gasteiger partial charge in [-0.1, -0.05) is 43.7 Å². The molecule has 51 heavy (non-hydrogen) atoms. The number of amides is 1. The first kappa shape index (κ1) is 37.9. The number of hydrogen-bond acceptors (Lipinski definition) is 7. The first-order valence-electron chi connectivity index (χ1n) is 17.0. The van der Waals surface area contributed by atoms with Crippen LogP contribution in [0.25, 0.3) is 10.9 Å². The van der Waals surface area contributed by atoms with Crippen LogP contribution in [-0.2, 0) is 23.6 Å². The smallest absolute Gasteiger partial charge is 0.270 e. The Kier molecular flexibility index (Phi) is 12.1. The van der Waals surface area contributed by atoms with E-state index in [1.54, 1.807) is 36.4 Å². The Bertz CT molecular complexity index is 2040. The minimum atomic E-state index is -3.73. The van der Waals surface area contributed by atoms with Gasteiger partial charge in [-0.25, -0.2) is 13.4 Å². The summed E-state index contributed by atoms with van der Waals surface area (Å²) in [5, 5.41) is 0.935. The molecular weight excluding hydrogens is 730 g/mol. The van der Waals surface area contributed by atoms with E-state index >= 15 is 0 Å². The third-order valence-electron chi connectivity index (χ3n) is 9.18. The van der Waals surface area contributed by atoms with Gasteiger partial charge in [-0.2, -0.15) is 0 Å². The van der Waals surface area contributed by atoms with Gasteiger partial charge in [0, 0.05) is 64.3 Å². The maximum absolute atomic E-state index is 13.6. The molecule has 0 radical (unpaired) electrons. The fourth-order valence-electron chi connectivity index (χ4n) is 5.96. The van der Waals surface area contributed by atoms with E-state index < -0.39 is 10.0 Å². The Hall–Kier alpha value is -4.39. The van der Waals surface area contributed by atoms with E-state index in [0.717, 1.165) is 54.9 Å². The topological polar surface area (TPSA) is 97.2 Å². The van der Waals surface area contributed by atoms with Crippen molar-refractivity contribution in [2.75, 3.05) is 44.1 Å². The number of pyridine rings is 1. The maximum Gasteiger partial charge on any atom is 0.270 e. The lowest BCUT2D eigenvalue weighted by molar-refractivity contribution is 0.0619. The van der Waals surface area contributed by atoms with Gasteiger partial charge in [0.15, 0.2) is 0 Å². The number of nitrogens with zero attached hydrogens (tertiary/aromatic N) is 5. The van der Waals surface area contributed by atoms with Gasteiger partial charge in [-0.3, -0.25) is 14.0 Å². The Balaban J connectivity index is 0.00000504. The molecule has 1 aliphatic heterocycles. The summed E-state index contributed by atoms with van der Waals surface area (Å²) in [7, 11) is -0.340. The van der Waals surface area contributed by atoms with Crippen LogP contribution in [0.3, 0.4) is 0 Å². The van der Waals surface area contributed by atoms with E-state index in [-0.39, 0.29) is 27.8 Å². The van der Waals surface area contributed by atoms with Gasteiger partial charge in [0.25, 0.3) is 15.9 Å².